The Labute approximate surface area is 76.9 Å². The zero-order valence-electron chi connectivity index (χ0n) is 8.93. The Bertz CT molecular complexity index is 126. The number of rotatable bonds is 1. The average molecular weight is 168 g/mol. The Balaban J connectivity index is 2.36. The fourth-order valence-corrected chi connectivity index (χ4v) is 2.20. The molecule has 1 radical (unpaired) electrons. The maximum Gasteiger partial charge on any atom is 0.0243 e. The molecule has 0 aromatic carbocycles. The second kappa shape index (κ2) is 3.78. The van der Waals surface area contributed by atoms with Crippen LogP contribution in [0.1, 0.15) is 46.5 Å². The Morgan fingerprint density at radius 3 is 1.83 bits per heavy atom. The van der Waals surface area contributed by atoms with E-state index >= 15 is 0 Å². The zero-order chi connectivity index (χ0) is 9.19. The van der Waals surface area contributed by atoms with E-state index in [1.165, 1.54) is 25.7 Å². The summed E-state index contributed by atoms with van der Waals surface area (Å²) in [6.45, 7) is 7.09. The summed E-state index contributed by atoms with van der Waals surface area (Å²) in [5.41, 5.74) is 0.513. The SMILES string of the molecule is C[N]C1CCC(C(C)(C)C)CC1. The first-order valence-electron chi connectivity index (χ1n) is 5.13. The van der Waals surface area contributed by atoms with Gasteiger partial charge in [-0.25, -0.2) is 5.32 Å². The lowest BCUT2D eigenvalue weighted by molar-refractivity contribution is 0.162. The van der Waals surface area contributed by atoms with Crippen molar-refractivity contribution in [2.24, 2.45) is 11.3 Å². The molecule has 0 atom stereocenters. The quantitative estimate of drug-likeness (QED) is 0.571. The van der Waals surface area contributed by atoms with E-state index in [1.54, 1.807) is 0 Å². The number of hydrogen-bond donors (Lipinski definition) is 0. The summed E-state index contributed by atoms with van der Waals surface area (Å²) in [6.07, 6.45) is 5.40. The van der Waals surface area contributed by atoms with Gasteiger partial charge in [-0.2, -0.15) is 0 Å². The van der Waals surface area contributed by atoms with Crippen LogP contribution in [0.5, 0.6) is 0 Å². The van der Waals surface area contributed by atoms with Gasteiger partial charge in [-0.05, 0) is 37.0 Å². The Morgan fingerprint density at radius 2 is 1.50 bits per heavy atom. The van der Waals surface area contributed by atoms with Crippen molar-refractivity contribution in [3.63, 3.8) is 0 Å². The molecule has 1 nitrogen and oxygen atoms in total. The van der Waals surface area contributed by atoms with Gasteiger partial charge in [0.05, 0.1) is 0 Å². The lowest BCUT2D eigenvalue weighted by atomic mass is 9.71. The normalized spacial score (nSPS) is 32.0. The van der Waals surface area contributed by atoms with E-state index in [0.29, 0.717) is 11.5 Å². The maximum absolute atomic E-state index is 4.36. The molecule has 0 amide bonds. The third kappa shape index (κ3) is 2.48. The molecule has 0 N–H and O–H groups in total. The number of nitrogens with zero attached hydrogens (tertiary/aromatic N) is 1. The highest BCUT2D eigenvalue weighted by molar-refractivity contribution is 4.82. The minimum absolute atomic E-state index is 0.513. The monoisotopic (exact) mass is 168 g/mol. The Kier molecular flexibility index (Phi) is 3.16. The van der Waals surface area contributed by atoms with Crippen molar-refractivity contribution in [1.82, 2.24) is 5.32 Å². The molecule has 12 heavy (non-hydrogen) atoms. The van der Waals surface area contributed by atoms with Crippen LogP contribution in [0, 0.1) is 11.3 Å². The van der Waals surface area contributed by atoms with Gasteiger partial charge in [0, 0.05) is 13.1 Å². The molecule has 0 spiro atoms. The van der Waals surface area contributed by atoms with E-state index in [9.17, 15) is 0 Å². The van der Waals surface area contributed by atoms with Crippen LogP contribution in [-0.2, 0) is 0 Å². The first-order valence-corrected chi connectivity index (χ1v) is 5.13. The van der Waals surface area contributed by atoms with Crippen LogP contribution in [-0.4, -0.2) is 13.1 Å². The number of hydrogen-bond acceptors (Lipinski definition) is 0. The summed E-state index contributed by atoms with van der Waals surface area (Å²) < 4.78 is 0. The maximum atomic E-state index is 4.36. The minimum Gasteiger partial charge on any atom is -0.242 e. The molecule has 1 heteroatoms. The highest BCUT2D eigenvalue weighted by Gasteiger charge is 2.29. The minimum atomic E-state index is 0.513. The van der Waals surface area contributed by atoms with Crippen molar-refractivity contribution < 1.29 is 0 Å². The van der Waals surface area contributed by atoms with Gasteiger partial charge in [0.15, 0.2) is 0 Å². The van der Waals surface area contributed by atoms with Crippen molar-refractivity contribution in [1.29, 1.82) is 0 Å². The first kappa shape index (κ1) is 10.0. The van der Waals surface area contributed by atoms with Crippen molar-refractivity contribution in [2.45, 2.75) is 52.5 Å². The predicted octanol–water partition coefficient (Wildman–Crippen LogP) is 2.83. The molecular weight excluding hydrogens is 146 g/mol. The second-order valence-corrected chi connectivity index (χ2v) is 5.13. The molecule has 0 unspecified atom stereocenters. The molecule has 1 fully saturated rings. The van der Waals surface area contributed by atoms with Crippen molar-refractivity contribution in [3.8, 4) is 0 Å². The first-order chi connectivity index (χ1) is 5.54. The van der Waals surface area contributed by atoms with Crippen LogP contribution in [0.4, 0.5) is 0 Å². The van der Waals surface area contributed by atoms with E-state index in [4.69, 9.17) is 0 Å². The van der Waals surface area contributed by atoms with Crippen LogP contribution in [0.25, 0.3) is 0 Å². The molecule has 71 valence electrons. The summed E-state index contributed by atoms with van der Waals surface area (Å²) in [4.78, 5) is 0. The molecule has 0 aromatic heterocycles. The van der Waals surface area contributed by atoms with E-state index < -0.39 is 0 Å². The standard InChI is InChI=1S/C11H22N/c1-11(2,3)9-5-7-10(12-4)8-6-9/h9-10H,5-8H2,1-4H3. The smallest absolute Gasteiger partial charge is 0.0243 e. The van der Waals surface area contributed by atoms with E-state index in [2.05, 4.69) is 26.1 Å². The van der Waals surface area contributed by atoms with Gasteiger partial charge in [0.1, 0.15) is 0 Å². The van der Waals surface area contributed by atoms with Crippen LogP contribution in [0.3, 0.4) is 0 Å². The molecule has 1 aliphatic rings. The van der Waals surface area contributed by atoms with E-state index in [1.807, 2.05) is 7.05 Å². The molecule has 0 aliphatic heterocycles. The highest BCUT2D eigenvalue weighted by atomic mass is 14.9. The van der Waals surface area contributed by atoms with Gasteiger partial charge in [0.2, 0.25) is 0 Å². The van der Waals surface area contributed by atoms with Gasteiger partial charge in [-0.1, -0.05) is 20.8 Å². The van der Waals surface area contributed by atoms with Crippen LogP contribution >= 0.6 is 0 Å². The summed E-state index contributed by atoms with van der Waals surface area (Å²) in [5, 5.41) is 4.36. The van der Waals surface area contributed by atoms with Crippen LogP contribution < -0.4 is 5.32 Å². The molecule has 1 aliphatic carbocycles. The lowest BCUT2D eigenvalue weighted by Gasteiger charge is -2.36. The Hall–Kier alpha value is -0.0400. The largest absolute Gasteiger partial charge is 0.242 e. The van der Waals surface area contributed by atoms with Crippen LogP contribution in [0.2, 0.25) is 0 Å². The van der Waals surface area contributed by atoms with Crippen molar-refractivity contribution in [2.75, 3.05) is 7.05 Å². The van der Waals surface area contributed by atoms with Gasteiger partial charge < -0.3 is 0 Å². The topological polar surface area (TPSA) is 14.1 Å². The van der Waals surface area contributed by atoms with Gasteiger partial charge >= 0.3 is 0 Å². The van der Waals surface area contributed by atoms with Gasteiger partial charge in [-0.3, -0.25) is 0 Å². The predicted molar refractivity (Wildman–Crippen MR) is 53.3 cm³/mol. The van der Waals surface area contributed by atoms with Crippen molar-refractivity contribution in [3.05, 3.63) is 0 Å². The highest BCUT2D eigenvalue weighted by Crippen LogP contribution is 2.37. The summed E-state index contributed by atoms with van der Waals surface area (Å²) in [5.74, 6) is 0.926. The summed E-state index contributed by atoms with van der Waals surface area (Å²) in [6, 6.07) is 0.670. The third-order valence-electron chi connectivity index (χ3n) is 3.29. The molecule has 1 rings (SSSR count). The Morgan fingerprint density at radius 1 is 1.00 bits per heavy atom. The molecule has 0 aromatic rings. The molecule has 0 heterocycles. The molecule has 0 saturated heterocycles. The lowest BCUT2D eigenvalue weighted by Crippen LogP contribution is -2.31. The fraction of sp³-hybridized carbons (Fsp3) is 1.00. The average Bonchev–Trinajstić information content (AvgIpc) is 2.03. The molecule has 0 bridgehead atoms. The summed E-state index contributed by atoms with van der Waals surface area (Å²) in [7, 11) is 1.96. The van der Waals surface area contributed by atoms with Gasteiger partial charge in [-0.15, -0.1) is 0 Å². The van der Waals surface area contributed by atoms with Crippen LogP contribution in [0.15, 0.2) is 0 Å². The van der Waals surface area contributed by atoms with E-state index in [-0.39, 0.29) is 0 Å². The van der Waals surface area contributed by atoms with Crippen molar-refractivity contribution >= 4 is 0 Å². The zero-order valence-corrected chi connectivity index (χ0v) is 8.93. The second-order valence-electron chi connectivity index (χ2n) is 5.13. The third-order valence-corrected chi connectivity index (χ3v) is 3.29. The fourth-order valence-electron chi connectivity index (χ4n) is 2.20. The summed E-state index contributed by atoms with van der Waals surface area (Å²) >= 11 is 0. The molecule has 1 saturated carbocycles. The van der Waals surface area contributed by atoms with E-state index in [0.717, 1.165) is 5.92 Å². The van der Waals surface area contributed by atoms with Gasteiger partial charge in [0.25, 0.3) is 0 Å². The molecular formula is C11H22N.